The second-order valence-corrected chi connectivity index (χ2v) is 11.4. The van der Waals surface area contributed by atoms with Crippen LogP contribution in [-0.2, 0) is 24.0 Å². The molecule has 4 rings (SSSR count). The number of carbonyl (C=O) groups is 4. The zero-order valence-electron chi connectivity index (χ0n) is 24.3. The molecule has 11 nitrogen and oxygen atoms in total. The topological polar surface area (TPSA) is 129 Å². The molecule has 0 spiro atoms. The largest absolute Gasteiger partial charge is 0.488 e. The van der Waals surface area contributed by atoms with Crippen molar-refractivity contribution in [3.8, 4) is 5.75 Å². The lowest BCUT2D eigenvalue weighted by atomic mass is 10.0. The Kier molecular flexibility index (Phi) is 8.48. The number of nitrogens with one attached hydrogen (secondary N) is 1. The number of ether oxygens (including phenoxy) is 2. The molecule has 2 aromatic heterocycles. The summed E-state index contributed by atoms with van der Waals surface area (Å²) >= 11 is 0. The van der Waals surface area contributed by atoms with Gasteiger partial charge in [0, 0.05) is 48.6 Å². The minimum absolute atomic E-state index is 0.0395. The number of nitrogens with zero attached hydrogens (tertiary/aromatic N) is 3. The first kappa shape index (κ1) is 29.7. The van der Waals surface area contributed by atoms with Crippen molar-refractivity contribution in [1.82, 2.24) is 14.4 Å². The van der Waals surface area contributed by atoms with Crippen LogP contribution >= 0.6 is 0 Å². The molecule has 1 aliphatic heterocycles. The van der Waals surface area contributed by atoms with Crippen LogP contribution in [0.1, 0.15) is 75.1 Å². The maximum atomic E-state index is 13.1. The van der Waals surface area contributed by atoms with Crippen LogP contribution in [-0.4, -0.2) is 55.9 Å². The third-order valence-electron chi connectivity index (χ3n) is 6.64. The van der Waals surface area contributed by atoms with Crippen LogP contribution in [0.2, 0.25) is 0 Å². The van der Waals surface area contributed by atoms with Gasteiger partial charge in [-0.15, -0.1) is 5.06 Å². The van der Waals surface area contributed by atoms with Gasteiger partial charge >= 0.3 is 5.97 Å². The van der Waals surface area contributed by atoms with Gasteiger partial charge in [0.05, 0.1) is 24.2 Å². The smallest absolute Gasteiger partial charge is 0.336 e. The Labute approximate surface area is 238 Å². The van der Waals surface area contributed by atoms with Crippen molar-refractivity contribution in [3.05, 3.63) is 59.5 Å². The Hall–Kier alpha value is -4.25. The highest BCUT2D eigenvalue weighted by Gasteiger charge is 2.35. The lowest BCUT2D eigenvalue weighted by molar-refractivity contribution is -0.201. The standard InChI is InChI=1S/C30H36N4O7/c1-19-16-20(2)33-14-12-23(27(33)31-19)28(38)32-21-8-7-9-22(17-21)40-29(3,4)13-15-39-30(5,6)18-26(37)41-34-24(35)10-11-25(34)36/h7-9,12,14,16-17H,10-11,13,15,18H2,1-6H3,(H,32,38). The fourth-order valence-corrected chi connectivity index (χ4v) is 4.54. The van der Waals surface area contributed by atoms with E-state index in [1.165, 1.54) is 0 Å². The van der Waals surface area contributed by atoms with E-state index >= 15 is 0 Å². The molecule has 0 radical (unpaired) electrons. The molecule has 1 fully saturated rings. The van der Waals surface area contributed by atoms with E-state index in [0.717, 1.165) is 11.4 Å². The molecular formula is C30H36N4O7. The number of hydrogen-bond donors (Lipinski definition) is 1. The minimum Gasteiger partial charge on any atom is -0.488 e. The summed E-state index contributed by atoms with van der Waals surface area (Å²) in [6.07, 6.45) is 2.26. The quantitative estimate of drug-likeness (QED) is 0.336. The van der Waals surface area contributed by atoms with Crippen molar-refractivity contribution in [2.24, 2.45) is 0 Å². The lowest BCUT2D eigenvalue weighted by Crippen LogP contribution is -2.37. The van der Waals surface area contributed by atoms with Gasteiger partial charge in [-0.2, -0.15) is 0 Å². The van der Waals surface area contributed by atoms with E-state index in [9.17, 15) is 19.2 Å². The van der Waals surface area contributed by atoms with E-state index in [1.54, 1.807) is 44.2 Å². The van der Waals surface area contributed by atoms with Crippen molar-refractivity contribution in [1.29, 1.82) is 0 Å². The molecule has 1 saturated heterocycles. The van der Waals surface area contributed by atoms with E-state index in [2.05, 4.69) is 10.3 Å². The van der Waals surface area contributed by atoms with Gasteiger partial charge in [-0.1, -0.05) is 6.07 Å². The van der Waals surface area contributed by atoms with E-state index in [1.807, 2.05) is 44.4 Å². The normalized spacial score (nSPS) is 14.0. The van der Waals surface area contributed by atoms with E-state index < -0.39 is 29.0 Å². The minimum atomic E-state index is -0.891. The lowest BCUT2D eigenvalue weighted by Gasteiger charge is -2.30. The number of carbonyl (C=O) groups excluding carboxylic acids is 4. The molecular weight excluding hydrogens is 528 g/mol. The Balaban J connectivity index is 1.30. The first-order valence-electron chi connectivity index (χ1n) is 13.5. The molecule has 3 heterocycles. The summed E-state index contributed by atoms with van der Waals surface area (Å²) in [5.41, 5.74) is 1.96. The number of amides is 3. The van der Waals surface area contributed by atoms with Gasteiger partial charge in [-0.3, -0.25) is 14.4 Å². The molecule has 1 N–H and O–H groups in total. The highest BCUT2D eigenvalue weighted by molar-refractivity contribution is 6.08. The molecule has 0 aliphatic carbocycles. The molecule has 41 heavy (non-hydrogen) atoms. The van der Waals surface area contributed by atoms with Gasteiger partial charge in [0.25, 0.3) is 17.7 Å². The fourth-order valence-electron chi connectivity index (χ4n) is 4.54. The highest BCUT2D eigenvalue weighted by Crippen LogP contribution is 2.26. The average molecular weight is 565 g/mol. The summed E-state index contributed by atoms with van der Waals surface area (Å²) in [6.45, 7) is 11.4. The number of imide groups is 1. The van der Waals surface area contributed by atoms with Gasteiger partial charge in [-0.05, 0) is 65.8 Å². The number of hydrogen-bond acceptors (Lipinski definition) is 8. The predicted octanol–water partition coefficient (Wildman–Crippen LogP) is 4.54. The molecule has 0 saturated carbocycles. The summed E-state index contributed by atoms with van der Waals surface area (Å²) in [4.78, 5) is 58.2. The van der Waals surface area contributed by atoms with Crippen molar-refractivity contribution in [2.45, 2.75) is 78.4 Å². The van der Waals surface area contributed by atoms with E-state index in [4.69, 9.17) is 14.3 Å². The third kappa shape index (κ3) is 7.49. The molecule has 11 heteroatoms. The Morgan fingerprint density at radius 3 is 2.41 bits per heavy atom. The van der Waals surface area contributed by atoms with E-state index in [0.29, 0.717) is 34.1 Å². The van der Waals surface area contributed by atoms with Crippen molar-refractivity contribution in [3.63, 3.8) is 0 Å². The number of anilines is 1. The maximum absolute atomic E-state index is 13.1. The summed E-state index contributed by atoms with van der Waals surface area (Å²) < 4.78 is 14.0. The van der Waals surface area contributed by atoms with Gasteiger partial charge in [0.1, 0.15) is 17.0 Å². The van der Waals surface area contributed by atoms with Crippen molar-refractivity contribution < 1.29 is 33.5 Å². The van der Waals surface area contributed by atoms with E-state index in [-0.39, 0.29) is 31.8 Å². The molecule has 3 amide bonds. The first-order chi connectivity index (χ1) is 19.2. The molecule has 0 atom stereocenters. The highest BCUT2D eigenvalue weighted by atomic mass is 16.7. The summed E-state index contributed by atoms with van der Waals surface area (Å²) in [7, 11) is 0. The van der Waals surface area contributed by atoms with Crippen LogP contribution in [0.25, 0.3) is 5.65 Å². The Morgan fingerprint density at radius 1 is 1.00 bits per heavy atom. The van der Waals surface area contributed by atoms with Gasteiger partial charge in [0.2, 0.25) is 0 Å². The molecule has 0 unspecified atom stereocenters. The number of aryl methyl sites for hydroxylation is 2. The van der Waals surface area contributed by atoms with Crippen LogP contribution in [0.3, 0.4) is 0 Å². The molecule has 0 bridgehead atoms. The Morgan fingerprint density at radius 2 is 1.71 bits per heavy atom. The summed E-state index contributed by atoms with van der Waals surface area (Å²) in [5, 5.41) is 3.46. The van der Waals surface area contributed by atoms with Crippen molar-refractivity contribution in [2.75, 3.05) is 11.9 Å². The van der Waals surface area contributed by atoms with Gasteiger partial charge in [-0.25, -0.2) is 9.78 Å². The van der Waals surface area contributed by atoms with Gasteiger partial charge in [0.15, 0.2) is 0 Å². The SMILES string of the molecule is Cc1cc(C)n2ccc(C(=O)Nc3cccc(OC(C)(C)CCOC(C)(C)CC(=O)ON4C(=O)CCC4=O)c3)c2n1. The fraction of sp³-hybridized carbons (Fsp3) is 0.433. The third-order valence-corrected chi connectivity index (χ3v) is 6.64. The zero-order valence-corrected chi connectivity index (χ0v) is 24.3. The van der Waals surface area contributed by atoms with Crippen LogP contribution in [0.4, 0.5) is 5.69 Å². The van der Waals surface area contributed by atoms with Crippen molar-refractivity contribution >= 4 is 35.0 Å². The maximum Gasteiger partial charge on any atom is 0.336 e. The van der Waals surface area contributed by atoms with Crippen LogP contribution < -0.4 is 10.1 Å². The second kappa shape index (κ2) is 11.7. The number of fused-ring (bicyclic) bond motifs is 1. The molecule has 1 aliphatic rings. The summed E-state index contributed by atoms with van der Waals surface area (Å²) in [6, 6.07) is 10.9. The first-order valence-corrected chi connectivity index (χ1v) is 13.5. The van der Waals surface area contributed by atoms with Crippen LogP contribution in [0.5, 0.6) is 5.75 Å². The molecule has 218 valence electrons. The van der Waals surface area contributed by atoms with Crippen LogP contribution in [0.15, 0.2) is 42.6 Å². The zero-order chi connectivity index (χ0) is 29.9. The second-order valence-electron chi connectivity index (χ2n) is 11.4. The van der Waals surface area contributed by atoms with Gasteiger partial charge < -0.3 is 24.0 Å². The monoisotopic (exact) mass is 564 g/mol. The number of benzene rings is 1. The average Bonchev–Trinajstić information content (AvgIpc) is 3.42. The summed E-state index contributed by atoms with van der Waals surface area (Å²) in [5.74, 6) is -1.46. The molecule has 1 aromatic carbocycles. The Bertz CT molecular complexity index is 1480. The number of rotatable bonds is 11. The predicted molar refractivity (Wildman–Crippen MR) is 150 cm³/mol. The molecule has 3 aromatic rings. The number of hydroxylamine groups is 2. The van der Waals surface area contributed by atoms with Crippen LogP contribution in [0, 0.1) is 13.8 Å². The number of aromatic nitrogens is 2.